The maximum atomic E-state index is 10.7. The minimum atomic E-state index is -0.139. The molecule has 0 atom stereocenters. The van der Waals surface area contributed by atoms with Gasteiger partial charge in [0.25, 0.3) is 0 Å². The molecular formula is C9H18O. The van der Waals surface area contributed by atoms with Gasteiger partial charge in [-0.1, -0.05) is 34.6 Å². The van der Waals surface area contributed by atoms with Gasteiger partial charge >= 0.3 is 0 Å². The van der Waals surface area contributed by atoms with Crippen LogP contribution in [-0.4, -0.2) is 6.29 Å². The van der Waals surface area contributed by atoms with Gasteiger partial charge in [-0.15, -0.1) is 0 Å². The largest absolute Gasteiger partial charge is 0.303 e. The fraction of sp³-hybridized carbons (Fsp3) is 0.889. The fourth-order valence-corrected chi connectivity index (χ4v) is 0.939. The van der Waals surface area contributed by atoms with Crippen LogP contribution in [-0.2, 0) is 4.79 Å². The van der Waals surface area contributed by atoms with E-state index in [-0.39, 0.29) is 5.41 Å². The lowest BCUT2D eigenvalue weighted by atomic mass is 9.72. The summed E-state index contributed by atoms with van der Waals surface area (Å²) in [6.07, 6.45) is 1.09. The van der Waals surface area contributed by atoms with Crippen LogP contribution in [0.25, 0.3) is 0 Å². The Labute approximate surface area is 63.8 Å². The molecule has 0 N–H and O–H groups in total. The standard InChI is InChI=1S/C9H18O/c1-7(2)9(5,6-10)8(3)4/h6-8H,1-5H3. The van der Waals surface area contributed by atoms with Gasteiger partial charge in [-0.2, -0.15) is 0 Å². The summed E-state index contributed by atoms with van der Waals surface area (Å²) < 4.78 is 0. The minimum Gasteiger partial charge on any atom is -0.303 e. The van der Waals surface area contributed by atoms with Crippen LogP contribution in [0, 0.1) is 17.3 Å². The Morgan fingerprint density at radius 2 is 1.40 bits per heavy atom. The van der Waals surface area contributed by atoms with E-state index in [1.54, 1.807) is 0 Å². The van der Waals surface area contributed by atoms with Gasteiger partial charge < -0.3 is 4.79 Å². The monoisotopic (exact) mass is 142 g/mol. The Balaban J connectivity index is 4.38. The molecule has 0 aliphatic carbocycles. The third kappa shape index (κ3) is 1.59. The molecule has 0 saturated carbocycles. The molecule has 0 fully saturated rings. The smallest absolute Gasteiger partial charge is 0.126 e. The lowest BCUT2D eigenvalue weighted by Gasteiger charge is -2.31. The Morgan fingerprint density at radius 3 is 1.40 bits per heavy atom. The molecule has 0 radical (unpaired) electrons. The third-order valence-corrected chi connectivity index (χ3v) is 2.74. The van der Waals surface area contributed by atoms with E-state index in [1.807, 2.05) is 6.92 Å². The van der Waals surface area contributed by atoms with E-state index in [0.717, 1.165) is 6.29 Å². The molecule has 1 heteroatoms. The quantitative estimate of drug-likeness (QED) is 0.553. The minimum absolute atomic E-state index is 0.139. The Kier molecular flexibility index (Phi) is 3.07. The van der Waals surface area contributed by atoms with Crippen LogP contribution in [0.5, 0.6) is 0 Å². The van der Waals surface area contributed by atoms with Gasteiger partial charge in [0, 0.05) is 5.41 Å². The van der Waals surface area contributed by atoms with Crippen molar-refractivity contribution in [2.24, 2.45) is 17.3 Å². The second kappa shape index (κ2) is 3.18. The van der Waals surface area contributed by atoms with E-state index in [9.17, 15) is 4.79 Å². The number of aldehydes is 1. The van der Waals surface area contributed by atoms with Crippen molar-refractivity contribution in [3.8, 4) is 0 Å². The van der Waals surface area contributed by atoms with Crippen LogP contribution in [0.1, 0.15) is 34.6 Å². The van der Waals surface area contributed by atoms with E-state index < -0.39 is 0 Å². The summed E-state index contributed by atoms with van der Waals surface area (Å²) in [5.41, 5.74) is -0.139. The topological polar surface area (TPSA) is 17.1 Å². The van der Waals surface area contributed by atoms with Crippen LogP contribution >= 0.6 is 0 Å². The number of hydrogen-bond donors (Lipinski definition) is 0. The van der Waals surface area contributed by atoms with E-state index in [0.29, 0.717) is 11.8 Å². The summed E-state index contributed by atoms with van der Waals surface area (Å²) in [6.45, 7) is 10.4. The zero-order chi connectivity index (χ0) is 8.36. The second-order valence-corrected chi connectivity index (χ2v) is 3.79. The predicted octanol–water partition coefficient (Wildman–Crippen LogP) is 2.50. The summed E-state index contributed by atoms with van der Waals surface area (Å²) in [6, 6.07) is 0. The van der Waals surface area contributed by atoms with Crippen LogP contribution in [0.15, 0.2) is 0 Å². The molecule has 0 bridgehead atoms. The van der Waals surface area contributed by atoms with Crippen molar-refractivity contribution >= 4 is 6.29 Å². The third-order valence-electron chi connectivity index (χ3n) is 2.74. The maximum absolute atomic E-state index is 10.7. The van der Waals surface area contributed by atoms with Crippen molar-refractivity contribution in [3.63, 3.8) is 0 Å². The fourth-order valence-electron chi connectivity index (χ4n) is 0.939. The van der Waals surface area contributed by atoms with Gasteiger partial charge in [-0.3, -0.25) is 0 Å². The molecule has 0 aromatic heterocycles. The first-order valence-electron chi connectivity index (χ1n) is 3.91. The highest BCUT2D eigenvalue weighted by molar-refractivity contribution is 5.59. The Hall–Kier alpha value is -0.330. The molecule has 0 unspecified atom stereocenters. The highest BCUT2D eigenvalue weighted by atomic mass is 16.1. The molecule has 0 aromatic carbocycles. The molecule has 60 valence electrons. The number of rotatable bonds is 3. The first-order valence-corrected chi connectivity index (χ1v) is 3.91. The zero-order valence-electron chi connectivity index (χ0n) is 7.64. The summed E-state index contributed by atoms with van der Waals surface area (Å²) in [7, 11) is 0. The van der Waals surface area contributed by atoms with E-state index in [2.05, 4.69) is 27.7 Å². The maximum Gasteiger partial charge on any atom is 0.126 e. The van der Waals surface area contributed by atoms with Gasteiger partial charge in [0.2, 0.25) is 0 Å². The zero-order valence-corrected chi connectivity index (χ0v) is 7.64. The molecule has 0 heterocycles. The van der Waals surface area contributed by atoms with Crippen molar-refractivity contribution in [2.45, 2.75) is 34.6 Å². The van der Waals surface area contributed by atoms with Crippen molar-refractivity contribution in [2.75, 3.05) is 0 Å². The van der Waals surface area contributed by atoms with E-state index >= 15 is 0 Å². The normalized spacial score (nSPS) is 12.7. The molecular weight excluding hydrogens is 124 g/mol. The molecule has 0 spiro atoms. The summed E-state index contributed by atoms with van der Waals surface area (Å²) in [5, 5.41) is 0. The number of hydrogen-bond acceptors (Lipinski definition) is 1. The summed E-state index contributed by atoms with van der Waals surface area (Å²) >= 11 is 0. The molecule has 10 heavy (non-hydrogen) atoms. The molecule has 0 aromatic rings. The highest BCUT2D eigenvalue weighted by Gasteiger charge is 2.30. The average Bonchev–Trinajstić information content (AvgIpc) is 1.85. The van der Waals surface area contributed by atoms with Crippen LogP contribution in [0.2, 0.25) is 0 Å². The first-order chi connectivity index (χ1) is 4.45. The lowest BCUT2D eigenvalue weighted by Crippen LogP contribution is -2.31. The molecule has 0 aliphatic heterocycles. The Bertz CT molecular complexity index is 106. The molecule has 1 nitrogen and oxygen atoms in total. The predicted molar refractivity (Wildman–Crippen MR) is 43.8 cm³/mol. The van der Waals surface area contributed by atoms with E-state index in [4.69, 9.17) is 0 Å². The van der Waals surface area contributed by atoms with Crippen LogP contribution in [0.3, 0.4) is 0 Å². The number of carbonyl (C=O) groups is 1. The van der Waals surface area contributed by atoms with Crippen molar-refractivity contribution in [1.29, 1.82) is 0 Å². The van der Waals surface area contributed by atoms with Crippen molar-refractivity contribution in [3.05, 3.63) is 0 Å². The van der Waals surface area contributed by atoms with Crippen molar-refractivity contribution < 1.29 is 4.79 Å². The Morgan fingerprint density at radius 1 is 1.10 bits per heavy atom. The highest BCUT2D eigenvalue weighted by Crippen LogP contribution is 2.32. The summed E-state index contributed by atoms with van der Waals surface area (Å²) in [4.78, 5) is 10.7. The molecule has 0 amide bonds. The van der Waals surface area contributed by atoms with Gasteiger partial charge in [-0.05, 0) is 11.8 Å². The van der Waals surface area contributed by atoms with Gasteiger partial charge in [0.05, 0.1) is 0 Å². The van der Waals surface area contributed by atoms with Crippen LogP contribution < -0.4 is 0 Å². The van der Waals surface area contributed by atoms with Gasteiger partial charge in [0.15, 0.2) is 0 Å². The molecule has 0 aliphatic rings. The lowest BCUT2D eigenvalue weighted by molar-refractivity contribution is -0.119. The molecule has 0 rings (SSSR count). The molecule has 0 saturated heterocycles. The van der Waals surface area contributed by atoms with E-state index in [1.165, 1.54) is 0 Å². The number of carbonyl (C=O) groups excluding carboxylic acids is 1. The van der Waals surface area contributed by atoms with Crippen LogP contribution in [0.4, 0.5) is 0 Å². The van der Waals surface area contributed by atoms with Crippen molar-refractivity contribution in [1.82, 2.24) is 0 Å². The average molecular weight is 142 g/mol. The van der Waals surface area contributed by atoms with Gasteiger partial charge in [0.1, 0.15) is 6.29 Å². The second-order valence-electron chi connectivity index (χ2n) is 3.79. The first kappa shape index (κ1) is 9.67. The SMILES string of the molecule is CC(C)C(C)(C=O)C(C)C. The van der Waals surface area contributed by atoms with Gasteiger partial charge in [-0.25, -0.2) is 0 Å². The summed E-state index contributed by atoms with van der Waals surface area (Å²) in [5.74, 6) is 0.870.